The Balaban J connectivity index is 1.76. The molecule has 4 aromatic rings. The summed E-state index contributed by atoms with van der Waals surface area (Å²) in [5, 5.41) is 26.5. The number of carbonyl (C=O) groups excluding carboxylic acids is 1. The van der Waals surface area contributed by atoms with Gasteiger partial charge in [-0.2, -0.15) is 5.26 Å². The molecule has 2 aromatic heterocycles. The van der Waals surface area contributed by atoms with Crippen LogP contribution in [-0.4, -0.2) is 40.7 Å². The van der Waals surface area contributed by atoms with Crippen molar-refractivity contribution in [1.82, 2.24) is 10.3 Å². The zero-order valence-corrected chi connectivity index (χ0v) is 25.5. The third-order valence-electron chi connectivity index (χ3n) is 6.63. The van der Waals surface area contributed by atoms with Crippen LogP contribution in [0.5, 0.6) is 0 Å². The van der Waals surface area contributed by atoms with Crippen molar-refractivity contribution in [2.45, 2.75) is 51.0 Å². The topological polar surface area (TPSA) is 134 Å². The Kier molecular flexibility index (Phi) is 8.22. The van der Waals surface area contributed by atoms with Crippen molar-refractivity contribution < 1.29 is 28.6 Å². The van der Waals surface area contributed by atoms with Crippen LogP contribution in [0.3, 0.4) is 0 Å². The Bertz CT molecular complexity index is 1810. The molecule has 42 heavy (non-hydrogen) atoms. The molecule has 0 fully saturated rings. The van der Waals surface area contributed by atoms with Crippen molar-refractivity contribution in [2.24, 2.45) is 0 Å². The highest BCUT2D eigenvalue weighted by Gasteiger charge is 2.30. The van der Waals surface area contributed by atoms with Crippen LogP contribution in [0.25, 0.3) is 32.1 Å². The number of anilines is 1. The van der Waals surface area contributed by atoms with Gasteiger partial charge in [0.05, 0.1) is 39.0 Å². The van der Waals surface area contributed by atoms with E-state index in [1.165, 1.54) is 17.8 Å². The zero-order valence-electron chi connectivity index (χ0n) is 23.1. The standard InChI is InChI=1S/C29H26ClFN4O5S2/c1-29(2,3)40-28(38)35-26-15(10-32)22-14(5-6-18(31)25(22)42-26)21-17-12-39-11-16(17)20-13(7-8-33-27(36)37)9-19(41-4)34-24(20)23(21)30/h5-6,9,33H,7-8,11-12H2,1-4H3,(H,35,38)(H,36,37). The minimum absolute atomic E-state index is 0.0884. The molecule has 0 aliphatic carbocycles. The fourth-order valence-electron chi connectivity index (χ4n) is 5.05. The molecule has 0 radical (unpaired) electrons. The number of ether oxygens (including phenoxy) is 2. The van der Waals surface area contributed by atoms with E-state index in [9.17, 15) is 14.9 Å². The molecule has 2 amide bonds. The number of carbonyl (C=O) groups is 2. The minimum atomic E-state index is -1.11. The number of nitriles is 1. The van der Waals surface area contributed by atoms with E-state index in [-0.39, 0.29) is 35.0 Å². The fraction of sp³-hybridized carbons (Fsp3) is 0.310. The van der Waals surface area contributed by atoms with E-state index in [4.69, 9.17) is 31.2 Å². The van der Waals surface area contributed by atoms with Gasteiger partial charge >= 0.3 is 12.2 Å². The van der Waals surface area contributed by atoms with Gasteiger partial charge in [0.15, 0.2) is 0 Å². The second kappa shape index (κ2) is 11.6. The second-order valence-corrected chi connectivity index (χ2v) is 12.7. The maximum absolute atomic E-state index is 15.2. The first-order chi connectivity index (χ1) is 19.9. The van der Waals surface area contributed by atoms with Crippen LogP contribution in [0.1, 0.15) is 43.0 Å². The molecular formula is C29H26ClFN4O5S2. The maximum atomic E-state index is 15.2. The van der Waals surface area contributed by atoms with E-state index in [2.05, 4.69) is 16.7 Å². The number of thiophene rings is 1. The Morgan fingerprint density at radius 3 is 2.69 bits per heavy atom. The lowest BCUT2D eigenvalue weighted by Crippen LogP contribution is -2.27. The highest BCUT2D eigenvalue weighted by molar-refractivity contribution is 7.98. The number of benzene rings is 2. The Morgan fingerprint density at radius 1 is 1.29 bits per heavy atom. The number of rotatable bonds is 6. The number of pyridine rings is 1. The summed E-state index contributed by atoms with van der Waals surface area (Å²) in [6.07, 6.45) is 0.415. The summed E-state index contributed by atoms with van der Waals surface area (Å²) >= 11 is 9.51. The van der Waals surface area contributed by atoms with E-state index < -0.39 is 23.6 Å². The zero-order chi connectivity index (χ0) is 30.3. The number of nitrogens with one attached hydrogen (secondary N) is 2. The average Bonchev–Trinajstić information content (AvgIpc) is 3.53. The van der Waals surface area contributed by atoms with E-state index in [1.54, 1.807) is 26.8 Å². The minimum Gasteiger partial charge on any atom is -0.465 e. The molecule has 13 heteroatoms. The molecule has 0 unspecified atom stereocenters. The van der Waals surface area contributed by atoms with Crippen molar-refractivity contribution in [3.8, 4) is 17.2 Å². The fourth-order valence-corrected chi connectivity index (χ4v) is 6.91. The van der Waals surface area contributed by atoms with Crippen LogP contribution in [0.2, 0.25) is 5.02 Å². The Hall–Kier alpha value is -3.63. The summed E-state index contributed by atoms with van der Waals surface area (Å²) in [4.78, 5) is 28.4. The van der Waals surface area contributed by atoms with E-state index in [1.807, 2.05) is 12.3 Å². The van der Waals surface area contributed by atoms with Crippen LogP contribution in [0.4, 0.5) is 19.0 Å². The number of halogens is 2. The molecule has 1 aliphatic heterocycles. The van der Waals surface area contributed by atoms with E-state index in [0.717, 1.165) is 33.4 Å². The van der Waals surface area contributed by atoms with Gasteiger partial charge in [0.25, 0.3) is 0 Å². The molecule has 0 atom stereocenters. The van der Waals surface area contributed by atoms with Crippen LogP contribution in [0.15, 0.2) is 23.2 Å². The molecule has 1 aliphatic rings. The SMILES string of the molecule is CSc1cc(CCNC(=O)O)c2c3c(c(-c4ccc(F)c5sc(NC(=O)OC(C)(C)C)c(C#N)c45)c(Cl)c2n1)COC3. The number of hydrogen-bond donors (Lipinski definition) is 3. The third-order valence-corrected chi connectivity index (χ3v) is 8.74. The molecule has 218 valence electrons. The van der Waals surface area contributed by atoms with Gasteiger partial charge in [0, 0.05) is 22.9 Å². The molecule has 3 N–H and O–H groups in total. The molecule has 0 saturated heterocycles. The van der Waals surface area contributed by atoms with Gasteiger partial charge in [0.2, 0.25) is 0 Å². The summed E-state index contributed by atoms with van der Waals surface area (Å²) in [6.45, 7) is 5.86. The first-order valence-corrected chi connectivity index (χ1v) is 15.3. The first kappa shape index (κ1) is 29.8. The quantitative estimate of drug-likeness (QED) is 0.185. The van der Waals surface area contributed by atoms with Gasteiger partial charge < -0.3 is 19.9 Å². The molecule has 3 heterocycles. The Morgan fingerprint density at radius 2 is 2.02 bits per heavy atom. The second-order valence-electron chi connectivity index (χ2n) is 10.5. The predicted molar refractivity (Wildman–Crippen MR) is 162 cm³/mol. The number of nitrogens with zero attached hydrogens (tertiary/aromatic N) is 2. The molecule has 0 spiro atoms. The smallest absolute Gasteiger partial charge is 0.412 e. The van der Waals surface area contributed by atoms with Gasteiger partial charge in [-0.05, 0) is 67.8 Å². The van der Waals surface area contributed by atoms with Crippen molar-refractivity contribution in [2.75, 3.05) is 18.1 Å². The lowest BCUT2D eigenvalue weighted by Gasteiger charge is -2.19. The molecule has 0 bridgehead atoms. The van der Waals surface area contributed by atoms with Crippen molar-refractivity contribution in [1.29, 1.82) is 5.26 Å². The normalized spacial score (nSPS) is 12.8. The highest BCUT2D eigenvalue weighted by Crippen LogP contribution is 2.49. The van der Waals surface area contributed by atoms with Crippen LogP contribution in [-0.2, 0) is 29.1 Å². The summed E-state index contributed by atoms with van der Waals surface area (Å²) in [5.74, 6) is -0.548. The van der Waals surface area contributed by atoms with Crippen molar-refractivity contribution in [3.63, 3.8) is 0 Å². The van der Waals surface area contributed by atoms with Crippen LogP contribution < -0.4 is 10.6 Å². The Labute approximate surface area is 254 Å². The number of hydrogen-bond acceptors (Lipinski definition) is 8. The summed E-state index contributed by atoms with van der Waals surface area (Å²) < 4.78 is 26.6. The first-order valence-electron chi connectivity index (χ1n) is 12.8. The van der Waals surface area contributed by atoms with E-state index >= 15 is 4.39 Å². The van der Waals surface area contributed by atoms with Crippen LogP contribution in [0, 0.1) is 17.1 Å². The number of fused-ring (bicyclic) bond motifs is 4. The third kappa shape index (κ3) is 5.57. The number of amides is 2. The molecule has 9 nitrogen and oxygen atoms in total. The summed E-state index contributed by atoms with van der Waals surface area (Å²) in [5.41, 5.74) is 3.41. The number of thioether (sulfide) groups is 1. The summed E-state index contributed by atoms with van der Waals surface area (Å²) in [7, 11) is 0. The van der Waals surface area contributed by atoms with Gasteiger partial charge in [0.1, 0.15) is 22.5 Å². The van der Waals surface area contributed by atoms with E-state index in [0.29, 0.717) is 38.5 Å². The highest BCUT2D eigenvalue weighted by atomic mass is 35.5. The van der Waals surface area contributed by atoms with Crippen LogP contribution >= 0.6 is 34.7 Å². The average molecular weight is 629 g/mol. The summed E-state index contributed by atoms with van der Waals surface area (Å²) in [6, 6.07) is 6.94. The molecule has 2 aromatic carbocycles. The lowest BCUT2D eigenvalue weighted by molar-refractivity contribution is 0.0636. The van der Waals surface area contributed by atoms with Gasteiger partial charge in [-0.1, -0.05) is 17.7 Å². The number of aromatic nitrogens is 1. The predicted octanol–water partition coefficient (Wildman–Crippen LogP) is 7.69. The van der Waals surface area contributed by atoms with Crippen molar-refractivity contribution >= 4 is 72.9 Å². The maximum Gasteiger partial charge on any atom is 0.412 e. The van der Waals surface area contributed by atoms with Gasteiger partial charge in [-0.25, -0.2) is 19.0 Å². The molecular weight excluding hydrogens is 603 g/mol. The molecule has 0 saturated carbocycles. The lowest BCUT2D eigenvalue weighted by atomic mass is 9.89. The largest absolute Gasteiger partial charge is 0.465 e. The van der Waals surface area contributed by atoms with Gasteiger partial charge in [-0.15, -0.1) is 23.1 Å². The monoisotopic (exact) mass is 628 g/mol. The van der Waals surface area contributed by atoms with Gasteiger partial charge in [-0.3, -0.25) is 5.32 Å². The molecule has 5 rings (SSSR count). The van der Waals surface area contributed by atoms with Crippen molar-refractivity contribution in [3.05, 3.63) is 51.3 Å². The number of carboxylic acid groups (broad SMARTS) is 1.